The average molecular weight is 451 g/mol. The highest BCUT2D eigenvalue weighted by atomic mass is 19.1. The summed E-state index contributed by atoms with van der Waals surface area (Å²) in [5.74, 6) is 2.49. The molecule has 0 radical (unpaired) electrons. The van der Waals surface area contributed by atoms with Crippen LogP contribution in [0.15, 0.2) is 55.1 Å². The zero-order valence-electron chi connectivity index (χ0n) is 19.7. The zero-order valence-corrected chi connectivity index (χ0v) is 19.7. The van der Waals surface area contributed by atoms with Gasteiger partial charge in [-0.25, -0.2) is 8.78 Å². The predicted molar refractivity (Wildman–Crippen MR) is 133 cm³/mol. The molecule has 0 aliphatic heterocycles. The highest BCUT2D eigenvalue weighted by molar-refractivity contribution is 5.67. The van der Waals surface area contributed by atoms with Gasteiger partial charge in [0.25, 0.3) is 0 Å². The maximum atomic E-state index is 14.8. The van der Waals surface area contributed by atoms with Crippen molar-refractivity contribution >= 4 is 6.08 Å². The fourth-order valence-electron chi connectivity index (χ4n) is 5.72. The van der Waals surface area contributed by atoms with Crippen LogP contribution in [0.1, 0.15) is 63.9 Å². The van der Waals surface area contributed by atoms with Crippen LogP contribution in [-0.4, -0.2) is 6.61 Å². The Bertz CT molecular complexity index is 963. The largest absolute Gasteiger partial charge is 0.491 e. The monoisotopic (exact) mass is 450 g/mol. The van der Waals surface area contributed by atoms with Gasteiger partial charge >= 0.3 is 0 Å². The number of allylic oxidation sites excluding steroid dienone is 2. The van der Waals surface area contributed by atoms with Crippen LogP contribution in [0, 0.1) is 35.3 Å². The molecule has 2 aromatic carbocycles. The molecule has 0 atom stereocenters. The first-order valence-corrected chi connectivity index (χ1v) is 12.6. The molecule has 1 nitrogen and oxygen atoms in total. The second kappa shape index (κ2) is 11.1. The minimum absolute atomic E-state index is 0.195. The third-order valence-corrected chi connectivity index (χ3v) is 7.73. The van der Waals surface area contributed by atoms with Crippen molar-refractivity contribution in [1.29, 1.82) is 0 Å². The van der Waals surface area contributed by atoms with Crippen molar-refractivity contribution in [2.45, 2.75) is 58.3 Å². The van der Waals surface area contributed by atoms with Crippen LogP contribution in [0.2, 0.25) is 0 Å². The van der Waals surface area contributed by atoms with Crippen molar-refractivity contribution in [3.05, 3.63) is 72.3 Å². The Balaban J connectivity index is 1.33. The van der Waals surface area contributed by atoms with Gasteiger partial charge in [0.2, 0.25) is 0 Å². The predicted octanol–water partition coefficient (Wildman–Crippen LogP) is 8.84. The molecule has 0 saturated heterocycles. The summed E-state index contributed by atoms with van der Waals surface area (Å²) in [6.07, 6.45) is 16.9. The van der Waals surface area contributed by atoms with Gasteiger partial charge in [0.1, 0.15) is 5.82 Å². The molecule has 2 saturated carbocycles. The molecule has 2 aromatic rings. The van der Waals surface area contributed by atoms with Gasteiger partial charge in [-0.3, -0.25) is 0 Å². The van der Waals surface area contributed by atoms with Crippen LogP contribution in [0.5, 0.6) is 5.75 Å². The van der Waals surface area contributed by atoms with Crippen LogP contribution >= 0.6 is 0 Å². The summed E-state index contributed by atoms with van der Waals surface area (Å²) in [4.78, 5) is 0. The van der Waals surface area contributed by atoms with Crippen molar-refractivity contribution in [3.8, 4) is 16.9 Å². The van der Waals surface area contributed by atoms with Crippen molar-refractivity contribution in [2.75, 3.05) is 6.61 Å². The summed E-state index contributed by atoms with van der Waals surface area (Å²) >= 11 is 0. The first-order chi connectivity index (χ1) is 16.1. The van der Waals surface area contributed by atoms with Gasteiger partial charge in [-0.2, -0.15) is 0 Å². The van der Waals surface area contributed by atoms with Gasteiger partial charge in [-0.15, -0.1) is 6.58 Å². The molecular formula is C30H36F2O. The lowest BCUT2D eigenvalue weighted by Gasteiger charge is -2.36. The lowest BCUT2D eigenvalue weighted by atomic mass is 9.69. The fourth-order valence-corrected chi connectivity index (χ4v) is 5.72. The third-order valence-electron chi connectivity index (χ3n) is 7.73. The zero-order chi connectivity index (χ0) is 23.2. The SMILES string of the molecule is C=CC1CCC(C2CCC(/C=C/c3ccc(-c4ccc(OCC)c(F)c4)c(F)c3)CC2)CC1. The van der Waals surface area contributed by atoms with E-state index in [1.54, 1.807) is 31.2 Å². The number of hydrogen-bond acceptors (Lipinski definition) is 1. The Hall–Kier alpha value is -2.42. The number of halogens is 2. The lowest BCUT2D eigenvalue weighted by molar-refractivity contribution is 0.167. The molecule has 176 valence electrons. The molecule has 0 bridgehead atoms. The van der Waals surface area contributed by atoms with E-state index in [1.165, 1.54) is 57.4 Å². The second-order valence-electron chi connectivity index (χ2n) is 9.76. The van der Waals surface area contributed by atoms with E-state index in [-0.39, 0.29) is 11.6 Å². The third kappa shape index (κ3) is 5.93. The van der Waals surface area contributed by atoms with E-state index in [9.17, 15) is 8.78 Å². The number of benzene rings is 2. The van der Waals surface area contributed by atoms with Crippen LogP contribution in [0.4, 0.5) is 8.78 Å². The average Bonchev–Trinajstić information content (AvgIpc) is 2.85. The van der Waals surface area contributed by atoms with Crippen LogP contribution < -0.4 is 4.74 Å². The van der Waals surface area contributed by atoms with Gasteiger partial charge < -0.3 is 4.74 Å². The molecule has 0 heterocycles. The first-order valence-electron chi connectivity index (χ1n) is 12.6. The summed E-state index contributed by atoms with van der Waals surface area (Å²) in [7, 11) is 0. The van der Waals surface area contributed by atoms with E-state index in [2.05, 4.69) is 18.7 Å². The fraction of sp³-hybridized carbons (Fsp3) is 0.467. The molecule has 3 heteroatoms. The number of rotatable bonds is 7. The summed E-state index contributed by atoms with van der Waals surface area (Å²) in [5, 5.41) is 0. The highest BCUT2D eigenvalue weighted by Gasteiger charge is 2.29. The van der Waals surface area contributed by atoms with E-state index in [0.717, 1.165) is 23.3 Å². The Kier molecular flexibility index (Phi) is 8.01. The minimum Gasteiger partial charge on any atom is -0.491 e. The van der Waals surface area contributed by atoms with Gasteiger partial charge in [-0.1, -0.05) is 36.4 Å². The Morgan fingerprint density at radius 1 is 0.848 bits per heavy atom. The molecule has 0 amide bonds. The maximum Gasteiger partial charge on any atom is 0.165 e. The van der Waals surface area contributed by atoms with Gasteiger partial charge in [0.05, 0.1) is 6.61 Å². The van der Waals surface area contributed by atoms with E-state index >= 15 is 0 Å². The number of hydrogen-bond donors (Lipinski definition) is 0. The van der Waals surface area contributed by atoms with Crippen molar-refractivity contribution in [1.82, 2.24) is 0 Å². The van der Waals surface area contributed by atoms with Gasteiger partial charge in [0, 0.05) is 5.56 Å². The Labute approximate surface area is 197 Å². The molecular weight excluding hydrogens is 414 g/mol. The van der Waals surface area contributed by atoms with E-state index in [4.69, 9.17) is 4.74 Å². The molecule has 0 aromatic heterocycles. The molecule has 33 heavy (non-hydrogen) atoms. The Morgan fingerprint density at radius 3 is 2.09 bits per heavy atom. The topological polar surface area (TPSA) is 9.23 Å². The van der Waals surface area contributed by atoms with E-state index in [0.29, 0.717) is 23.7 Å². The Morgan fingerprint density at radius 2 is 1.52 bits per heavy atom. The number of ether oxygens (including phenoxy) is 1. The molecule has 2 aliphatic rings. The van der Waals surface area contributed by atoms with Crippen LogP contribution in [-0.2, 0) is 0 Å². The van der Waals surface area contributed by atoms with Gasteiger partial charge in [0.15, 0.2) is 11.6 Å². The van der Waals surface area contributed by atoms with Crippen LogP contribution in [0.3, 0.4) is 0 Å². The van der Waals surface area contributed by atoms with Crippen molar-refractivity contribution in [2.24, 2.45) is 23.7 Å². The van der Waals surface area contributed by atoms with Crippen molar-refractivity contribution in [3.63, 3.8) is 0 Å². The highest BCUT2D eigenvalue weighted by Crippen LogP contribution is 2.42. The molecule has 0 N–H and O–H groups in total. The summed E-state index contributed by atoms with van der Waals surface area (Å²) in [6.45, 7) is 6.16. The van der Waals surface area contributed by atoms with E-state index in [1.807, 2.05) is 12.1 Å². The normalized spacial score (nSPS) is 25.8. The second-order valence-corrected chi connectivity index (χ2v) is 9.76. The summed E-state index contributed by atoms with van der Waals surface area (Å²) in [6, 6.07) is 9.78. The summed E-state index contributed by atoms with van der Waals surface area (Å²) in [5.41, 5.74) is 1.78. The summed E-state index contributed by atoms with van der Waals surface area (Å²) < 4.78 is 34.2. The van der Waals surface area contributed by atoms with Crippen molar-refractivity contribution < 1.29 is 13.5 Å². The molecule has 2 aliphatic carbocycles. The lowest BCUT2D eigenvalue weighted by Crippen LogP contribution is -2.25. The smallest absolute Gasteiger partial charge is 0.165 e. The first kappa shape index (κ1) is 23.7. The van der Waals surface area contributed by atoms with Crippen LogP contribution in [0.25, 0.3) is 17.2 Å². The van der Waals surface area contributed by atoms with E-state index < -0.39 is 5.82 Å². The minimum atomic E-state index is -0.470. The molecule has 2 fully saturated rings. The quantitative estimate of drug-likeness (QED) is 0.383. The molecule has 4 rings (SSSR count). The maximum absolute atomic E-state index is 14.8. The molecule has 0 spiro atoms. The standard InChI is InChI=1S/C30H36F2O/c1-3-21-7-12-24(13-8-21)25-14-9-22(10-15-25)5-6-23-11-17-27(28(31)19-23)26-16-18-30(33-4-2)29(32)20-26/h3,5-6,11,16-22,24-25H,1,4,7-10,12-15H2,2H3/b6-5+. The molecule has 0 unspecified atom stereocenters. The van der Waals surface area contributed by atoms with Gasteiger partial charge in [-0.05, 0) is 111 Å².